The topological polar surface area (TPSA) is 0 Å². The molecule has 0 rings (SSSR count). The molecule has 0 spiro atoms. The van der Waals surface area contributed by atoms with Crippen LogP contribution < -0.4 is 0 Å². The van der Waals surface area contributed by atoms with E-state index in [1.54, 1.807) is 0 Å². The standard InChI is InChI=1S/C7H13S/c1-3-5-7-8-6-4-2/h4H,1-3,5-7H2. The van der Waals surface area contributed by atoms with Crippen LogP contribution in [0.25, 0.3) is 0 Å². The molecule has 0 aromatic heterocycles. The minimum Gasteiger partial charge on any atom is -0.158 e. The number of unbranched alkanes of at least 4 members (excludes halogenated alkanes) is 1. The van der Waals surface area contributed by atoms with Gasteiger partial charge in [0.2, 0.25) is 0 Å². The van der Waals surface area contributed by atoms with Gasteiger partial charge in [0.15, 0.2) is 0 Å². The summed E-state index contributed by atoms with van der Waals surface area (Å²) in [6.07, 6.45) is 4.23. The van der Waals surface area contributed by atoms with Gasteiger partial charge in [-0.15, -0.1) is 6.58 Å². The lowest BCUT2D eigenvalue weighted by Gasteiger charge is -1.92. The summed E-state index contributed by atoms with van der Waals surface area (Å²) in [4.78, 5) is 0. The molecule has 0 aromatic rings. The summed E-state index contributed by atoms with van der Waals surface area (Å²) in [5.74, 6) is 2.32. The van der Waals surface area contributed by atoms with E-state index in [0.29, 0.717) is 0 Å². The molecule has 0 bridgehead atoms. The molecule has 0 unspecified atom stereocenters. The van der Waals surface area contributed by atoms with Gasteiger partial charge in [0.05, 0.1) is 0 Å². The lowest BCUT2D eigenvalue weighted by Crippen LogP contribution is -1.77. The summed E-state index contributed by atoms with van der Waals surface area (Å²) >= 11 is 1.92. The Morgan fingerprint density at radius 3 is 2.75 bits per heavy atom. The van der Waals surface area contributed by atoms with Crippen LogP contribution in [0.15, 0.2) is 12.7 Å². The van der Waals surface area contributed by atoms with E-state index in [2.05, 4.69) is 13.5 Å². The first-order valence-corrected chi connectivity index (χ1v) is 4.05. The second kappa shape index (κ2) is 7.09. The van der Waals surface area contributed by atoms with Crippen LogP contribution in [0, 0.1) is 6.92 Å². The van der Waals surface area contributed by atoms with Gasteiger partial charge in [0.25, 0.3) is 0 Å². The maximum absolute atomic E-state index is 3.74. The normalized spacial score (nSPS) is 9.12. The molecular formula is C7H13S. The zero-order chi connectivity index (χ0) is 6.24. The van der Waals surface area contributed by atoms with Crippen molar-refractivity contribution in [2.45, 2.75) is 12.8 Å². The fraction of sp³-hybridized carbons (Fsp3) is 0.571. The first kappa shape index (κ1) is 8.09. The Hall–Kier alpha value is 0.0900. The molecule has 0 saturated carbocycles. The molecule has 0 aliphatic heterocycles. The minimum absolute atomic E-state index is 1.06. The number of hydrogen-bond donors (Lipinski definition) is 0. The molecule has 47 valence electrons. The second-order valence-electron chi connectivity index (χ2n) is 1.57. The van der Waals surface area contributed by atoms with Gasteiger partial charge in [0, 0.05) is 5.75 Å². The van der Waals surface area contributed by atoms with Crippen molar-refractivity contribution in [3.8, 4) is 0 Å². The lowest BCUT2D eigenvalue weighted by atomic mass is 10.4. The van der Waals surface area contributed by atoms with Crippen molar-refractivity contribution >= 4 is 11.8 Å². The van der Waals surface area contributed by atoms with Gasteiger partial charge in [0.1, 0.15) is 0 Å². The van der Waals surface area contributed by atoms with E-state index in [9.17, 15) is 0 Å². The predicted molar refractivity (Wildman–Crippen MR) is 42.1 cm³/mol. The van der Waals surface area contributed by atoms with E-state index < -0.39 is 0 Å². The Balaban J connectivity index is 2.62. The predicted octanol–water partition coefficient (Wildman–Crippen LogP) is 2.52. The van der Waals surface area contributed by atoms with E-state index in [-0.39, 0.29) is 0 Å². The molecule has 0 N–H and O–H groups in total. The molecule has 0 heterocycles. The molecule has 1 heteroatoms. The maximum Gasteiger partial charge on any atom is 0.0110 e. The molecule has 0 saturated heterocycles. The van der Waals surface area contributed by atoms with E-state index in [1.807, 2.05) is 17.8 Å². The van der Waals surface area contributed by atoms with Gasteiger partial charge in [-0.05, 0) is 12.2 Å². The van der Waals surface area contributed by atoms with Crippen LogP contribution in [-0.4, -0.2) is 11.5 Å². The Kier molecular flexibility index (Phi) is 7.17. The fourth-order valence-electron chi connectivity index (χ4n) is 0.371. The van der Waals surface area contributed by atoms with Crippen LogP contribution in [-0.2, 0) is 0 Å². The van der Waals surface area contributed by atoms with Gasteiger partial charge < -0.3 is 0 Å². The third-order valence-corrected chi connectivity index (χ3v) is 1.82. The van der Waals surface area contributed by atoms with Crippen molar-refractivity contribution in [3.63, 3.8) is 0 Å². The van der Waals surface area contributed by atoms with Crippen molar-refractivity contribution in [2.75, 3.05) is 11.5 Å². The van der Waals surface area contributed by atoms with Gasteiger partial charge in [-0.1, -0.05) is 19.4 Å². The number of thioether (sulfide) groups is 1. The number of hydrogen-bond acceptors (Lipinski definition) is 1. The van der Waals surface area contributed by atoms with Crippen molar-refractivity contribution < 1.29 is 0 Å². The Morgan fingerprint density at radius 2 is 2.25 bits per heavy atom. The van der Waals surface area contributed by atoms with Crippen LogP contribution in [0.3, 0.4) is 0 Å². The van der Waals surface area contributed by atoms with Crippen molar-refractivity contribution in [3.05, 3.63) is 19.6 Å². The molecule has 0 amide bonds. The van der Waals surface area contributed by atoms with Crippen LogP contribution >= 0.6 is 11.8 Å². The van der Waals surface area contributed by atoms with Crippen LogP contribution in [0.4, 0.5) is 0 Å². The Labute approximate surface area is 56.4 Å². The van der Waals surface area contributed by atoms with E-state index in [1.165, 1.54) is 12.2 Å². The van der Waals surface area contributed by atoms with Gasteiger partial charge in [-0.2, -0.15) is 11.8 Å². The van der Waals surface area contributed by atoms with Gasteiger partial charge in [-0.3, -0.25) is 0 Å². The average Bonchev–Trinajstić information content (AvgIpc) is 1.81. The fourth-order valence-corrected chi connectivity index (χ4v) is 1.11. The third-order valence-electron chi connectivity index (χ3n) is 0.774. The van der Waals surface area contributed by atoms with Crippen molar-refractivity contribution in [2.24, 2.45) is 0 Å². The molecule has 1 radical (unpaired) electrons. The SMILES string of the molecule is [CH2]CCCSCC=C. The summed E-state index contributed by atoms with van der Waals surface area (Å²) in [6.45, 7) is 7.37. The highest BCUT2D eigenvalue weighted by atomic mass is 32.2. The first-order chi connectivity index (χ1) is 3.91. The van der Waals surface area contributed by atoms with Gasteiger partial charge >= 0.3 is 0 Å². The zero-order valence-electron chi connectivity index (χ0n) is 5.23. The third kappa shape index (κ3) is 6.09. The molecule has 0 aromatic carbocycles. The van der Waals surface area contributed by atoms with E-state index >= 15 is 0 Å². The minimum atomic E-state index is 1.06. The quantitative estimate of drug-likeness (QED) is 0.406. The highest BCUT2D eigenvalue weighted by Crippen LogP contribution is 2.02. The Bertz CT molecular complexity index is 50.3. The molecule has 0 nitrogen and oxygen atoms in total. The van der Waals surface area contributed by atoms with Crippen LogP contribution in [0.5, 0.6) is 0 Å². The van der Waals surface area contributed by atoms with Gasteiger partial charge in [-0.25, -0.2) is 0 Å². The zero-order valence-corrected chi connectivity index (χ0v) is 6.04. The molecule has 0 aliphatic rings. The van der Waals surface area contributed by atoms with E-state index in [4.69, 9.17) is 0 Å². The average molecular weight is 129 g/mol. The first-order valence-electron chi connectivity index (χ1n) is 2.89. The summed E-state index contributed by atoms with van der Waals surface area (Å²) in [5.41, 5.74) is 0. The largest absolute Gasteiger partial charge is 0.158 e. The summed E-state index contributed by atoms with van der Waals surface area (Å²) in [5, 5.41) is 0. The highest BCUT2D eigenvalue weighted by molar-refractivity contribution is 7.99. The molecule has 8 heavy (non-hydrogen) atoms. The molecular weight excluding hydrogens is 116 g/mol. The summed E-state index contributed by atoms with van der Waals surface area (Å²) < 4.78 is 0. The Morgan fingerprint density at radius 1 is 1.50 bits per heavy atom. The van der Waals surface area contributed by atoms with Crippen LogP contribution in [0.2, 0.25) is 0 Å². The molecule has 0 aliphatic carbocycles. The van der Waals surface area contributed by atoms with Crippen LogP contribution in [0.1, 0.15) is 12.8 Å². The lowest BCUT2D eigenvalue weighted by molar-refractivity contribution is 0.970. The number of rotatable bonds is 5. The smallest absolute Gasteiger partial charge is 0.0110 e. The summed E-state index contributed by atoms with van der Waals surface area (Å²) in [6, 6.07) is 0. The molecule has 0 atom stereocenters. The van der Waals surface area contributed by atoms with E-state index in [0.717, 1.165) is 12.2 Å². The summed E-state index contributed by atoms with van der Waals surface area (Å²) in [7, 11) is 0. The maximum atomic E-state index is 3.74. The second-order valence-corrected chi connectivity index (χ2v) is 2.72. The highest BCUT2D eigenvalue weighted by Gasteiger charge is 1.81. The van der Waals surface area contributed by atoms with Crippen molar-refractivity contribution in [1.82, 2.24) is 0 Å². The molecule has 0 fully saturated rings. The van der Waals surface area contributed by atoms with Crippen molar-refractivity contribution in [1.29, 1.82) is 0 Å². The monoisotopic (exact) mass is 129 g/mol.